The lowest BCUT2D eigenvalue weighted by Crippen LogP contribution is -2.48. The summed E-state index contributed by atoms with van der Waals surface area (Å²) in [5, 5.41) is 4.60. The fraction of sp³-hybridized carbons (Fsp3) is 0.750. The minimum Gasteiger partial charge on any atom is -0.379 e. The van der Waals surface area contributed by atoms with Crippen molar-refractivity contribution in [3.8, 4) is 0 Å². The highest BCUT2D eigenvalue weighted by Crippen LogP contribution is 2.31. The van der Waals surface area contributed by atoms with Gasteiger partial charge in [0.2, 0.25) is 0 Å². The van der Waals surface area contributed by atoms with Gasteiger partial charge in [0.25, 0.3) is 0 Å². The number of aryl methyl sites for hydroxylation is 2. The van der Waals surface area contributed by atoms with Crippen LogP contribution in [0.25, 0.3) is 0 Å². The fourth-order valence-corrected chi connectivity index (χ4v) is 2.81. The van der Waals surface area contributed by atoms with Gasteiger partial charge in [-0.05, 0) is 34.2 Å². The maximum atomic E-state index is 5.48. The number of rotatable bonds is 5. The number of hydrogen-bond donors (Lipinski definition) is 1. The van der Waals surface area contributed by atoms with Crippen LogP contribution >= 0.6 is 11.3 Å². The average Bonchev–Trinajstić information content (AvgIpc) is 2.58. The van der Waals surface area contributed by atoms with Gasteiger partial charge < -0.3 is 10.1 Å². The van der Waals surface area contributed by atoms with Gasteiger partial charge in [-0.2, -0.15) is 0 Å². The molecule has 92 valence electrons. The van der Waals surface area contributed by atoms with Gasteiger partial charge in [0.15, 0.2) is 0 Å². The molecular weight excluding hydrogens is 220 g/mol. The lowest BCUT2D eigenvalue weighted by Gasteiger charge is -2.33. The van der Waals surface area contributed by atoms with Crippen molar-refractivity contribution in [1.29, 1.82) is 0 Å². The van der Waals surface area contributed by atoms with E-state index in [0.29, 0.717) is 0 Å². The molecule has 0 bridgehead atoms. The van der Waals surface area contributed by atoms with Gasteiger partial charge in [-0.15, -0.1) is 11.3 Å². The van der Waals surface area contributed by atoms with Crippen molar-refractivity contribution in [2.24, 2.45) is 0 Å². The van der Waals surface area contributed by atoms with Crippen LogP contribution in [0.15, 0.2) is 0 Å². The molecule has 1 heterocycles. The molecule has 0 aliphatic rings. The molecule has 0 aromatic carbocycles. The SMILES string of the molecule is CCNC(C)(c1nc(C)c(C)s1)C(C)OC. The summed E-state index contributed by atoms with van der Waals surface area (Å²) in [6.07, 6.45) is 0.0948. The van der Waals surface area contributed by atoms with Gasteiger partial charge in [0.05, 0.1) is 17.3 Å². The molecule has 0 aliphatic heterocycles. The first-order valence-electron chi connectivity index (χ1n) is 5.68. The Labute approximate surface area is 102 Å². The van der Waals surface area contributed by atoms with Crippen molar-refractivity contribution in [2.45, 2.75) is 46.3 Å². The summed E-state index contributed by atoms with van der Waals surface area (Å²) < 4.78 is 5.48. The lowest BCUT2D eigenvalue weighted by molar-refractivity contribution is 0.0369. The van der Waals surface area contributed by atoms with Crippen LogP contribution in [0, 0.1) is 13.8 Å². The number of methoxy groups -OCH3 is 1. The topological polar surface area (TPSA) is 34.2 Å². The summed E-state index contributed by atoms with van der Waals surface area (Å²) in [5.74, 6) is 0. The quantitative estimate of drug-likeness (QED) is 0.862. The van der Waals surface area contributed by atoms with E-state index in [1.807, 2.05) is 0 Å². The smallest absolute Gasteiger partial charge is 0.116 e. The summed E-state index contributed by atoms with van der Waals surface area (Å²) in [6.45, 7) is 11.4. The minimum absolute atomic E-state index is 0.0948. The predicted molar refractivity (Wildman–Crippen MR) is 69.1 cm³/mol. The molecular formula is C12H22N2OS. The van der Waals surface area contributed by atoms with Gasteiger partial charge in [-0.3, -0.25) is 0 Å². The van der Waals surface area contributed by atoms with Crippen molar-refractivity contribution < 1.29 is 4.74 Å². The highest BCUT2D eigenvalue weighted by atomic mass is 32.1. The van der Waals surface area contributed by atoms with E-state index in [-0.39, 0.29) is 11.6 Å². The first-order valence-corrected chi connectivity index (χ1v) is 6.49. The van der Waals surface area contributed by atoms with Crippen LogP contribution in [0.3, 0.4) is 0 Å². The Bertz CT molecular complexity index is 331. The Morgan fingerprint density at radius 2 is 2.12 bits per heavy atom. The molecule has 1 rings (SSSR count). The average molecular weight is 242 g/mol. The van der Waals surface area contributed by atoms with Crippen molar-refractivity contribution in [2.75, 3.05) is 13.7 Å². The van der Waals surface area contributed by atoms with Crippen molar-refractivity contribution in [1.82, 2.24) is 10.3 Å². The molecule has 1 N–H and O–H groups in total. The predicted octanol–water partition coefficient (Wildman–Crippen LogP) is 2.62. The van der Waals surface area contributed by atoms with Crippen LogP contribution in [0.4, 0.5) is 0 Å². The monoisotopic (exact) mass is 242 g/mol. The summed E-state index contributed by atoms with van der Waals surface area (Å²) in [4.78, 5) is 5.93. The molecule has 0 radical (unpaired) electrons. The van der Waals surface area contributed by atoms with E-state index < -0.39 is 0 Å². The molecule has 4 heteroatoms. The summed E-state index contributed by atoms with van der Waals surface area (Å²) in [6, 6.07) is 0. The number of nitrogens with zero attached hydrogens (tertiary/aromatic N) is 1. The molecule has 0 saturated carbocycles. The number of aromatic nitrogens is 1. The first-order chi connectivity index (χ1) is 7.45. The largest absolute Gasteiger partial charge is 0.379 e. The van der Waals surface area contributed by atoms with E-state index in [2.05, 4.69) is 44.9 Å². The van der Waals surface area contributed by atoms with E-state index in [0.717, 1.165) is 17.2 Å². The van der Waals surface area contributed by atoms with E-state index in [1.54, 1.807) is 18.4 Å². The van der Waals surface area contributed by atoms with Crippen LogP contribution in [0.1, 0.15) is 36.3 Å². The van der Waals surface area contributed by atoms with Crippen LogP contribution in [0.2, 0.25) is 0 Å². The summed E-state index contributed by atoms with van der Waals surface area (Å²) >= 11 is 1.75. The zero-order valence-electron chi connectivity index (χ0n) is 11.0. The third-order valence-electron chi connectivity index (χ3n) is 3.18. The van der Waals surface area contributed by atoms with Crippen molar-refractivity contribution in [3.05, 3.63) is 15.6 Å². The van der Waals surface area contributed by atoms with Gasteiger partial charge in [0, 0.05) is 12.0 Å². The molecule has 0 fully saturated rings. The number of likely N-dealkylation sites (N-methyl/N-ethyl adjacent to an activating group) is 1. The van der Waals surface area contributed by atoms with E-state index in [4.69, 9.17) is 4.74 Å². The molecule has 3 nitrogen and oxygen atoms in total. The second kappa shape index (κ2) is 5.25. The highest BCUT2D eigenvalue weighted by Gasteiger charge is 2.35. The number of nitrogens with one attached hydrogen (secondary N) is 1. The fourth-order valence-electron chi connectivity index (χ4n) is 1.69. The third-order valence-corrected chi connectivity index (χ3v) is 4.49. The Morgan fingerprint density at radius 3 is 2.50 bits per heavy atom. The maximum Gasteiger partial charge on any atom is 0.116 e. The first kappa shape index (κ1) is 13.6. The van der Waals surface area contributed by atoms with E-state index in [1.165, 1.54) is 4.88 Å². The molecule has 2 unspecified atom stereocenters. The van der Waals surface area contributed by atoms with Crippen LogP contribution in [-0.2, 0) is 10.3 Å². The lowest BCUT2D eigenvalue weighted by atomic mass is 9.96. The zero-order chi connectivity index (χ0) is 12.3. The Morgan fingerprint density at radius 1 is 1.50 bits per heavy atom. The molecule has 2 atom stereocenters. The van der Waals surface area contributed by atoms with Crippen LogP contribution < -0.4 is 5.32 Å². The second-order valence-corrected chi connectivity index (χ2v) is 5.47. The number of thiazole rings is 1. The summed E-state index contributed by atoms with van der Waals surface area (Å²) in [7, 11) is 1.74. The second-order valence-electron chi connectivity index (χ2n) is 4.27. The highest BCUT2D eigenvalue weighted by molar-refractivity contribution is 7.11. The van der Waals surface area contributed by atoms with Gasteiger partial charge in [-0.25, -0.2) is 4.98 Å². The molecule has 0 amide bonds. The van der Waals surface area contributed by atoms with Crippen LogP contribution in [0.5, 0.6) is 0 Å². The zero-order valence-corrected chi connectivity index (χ0v) is 11.9. The minimum atomic E-state index is -0.201. The van der Waals surface area contributed by atoms with Crippen molar-refractivity contribution in [3.63, 3.8) is 0 Å². The standard InChI is InChI=1S/C12H22N2OS/c1-7-13-12(5,10(4)15-6)11-14-8(2)9(3)16-11/h10,13H,7H2,1-6H3. The molecule has 16 heavy (non-hydrogen) atoms. The maximum absolute atomic E-state index is 5.48. The van der Waals surface area contributed by atoms with E-state index in [9.17, 15) is 0 Å². The Hall–Kier alpha value is -0.450. The third kappa shape index (κ3) is 2.44. The Kier molecular flexibility index (Phi) is 4.47. The van der Waals surface area contributed by atoms with Crippen LogP contribution in [-0.4, -0.2) is 24.7 Å². The molecule has 0 aliphatic carbocycles. The number of hydrogen-bond acceptors (Lipinski definition) is 4. The van der Waals surface area contributed by atoms with Gasteiger partial charge in [0.1, 0.15) is 5.01 Å². The number of ether oxygens (including phenoxy) is 1. The normalized spacial score (nSPS) is 17.1. The summed E-state index contributed by atoms with van der Waals surface area (Å²) in [5.41, 5.74) is 0.917. The van der Waals surface area contributed by atoms with Gasteiger partial charge >= 0.3 is 0 Å². The molecule has 0 spiro atoms. The molecule has 0 saturated heterocycles. The molecule has 1 aromatic rings. The van der Waals surface area contributed by atoms with E-state index >= 15 is 0 Å². The molecule has 1 aromatic heterocycles. The van der Waals surface area contributed by atoms with Gasteiger partial charge in [-0.1, -0.05) is 6.92 Å². The Balaban J connectivity index is 3.10. The van der Waals surface area contributed by atoms with Crippen molar-refractivity contribution >= 4 is 11.3 Å².